The summed E-state index contributed by atoms with van der Waals surface area (Å²) in [5.41, 5.74) is 0. The number of aliphatic carboxylic acids is 1. The number of likely N-dealkylation sites (tertiary alicyclic amines) is 1. The van der Waals surface area contributed by atoms with Gasteiger partial charge in [0.05, 0.1) is 10.8 Å². The fraction of sp³-hybridized carbons (Fsp3) is 0.286. The molecule has 1 aromatic heterocycles. The first-order chi connectivity index (χ1) is 9.56. The molecule has 1 fully saturated rings. The zero-order chi connectivity index (χ0) is 14.3. The Balaban J connectivity index is 1.86. The number of amides is 1. The van der Waals surface area contributed by atoms with E-state index in [1.807, 2.05) is 0 Å². The lowest BCUT2D eigenvalue weighted by Crippen LogP contribution is -2.29. The third kappa shape index (κ3) is 2.16. The third-order valence-electron chi connectivity index (χ3n) is 3.54. The van der Waals surface area contributed by atoms with E-state index in [-0.39, 0.29) is 18.3 Å². The molecule has 1 unspecified atom stereocenters. The minimum atomic E-state index is -0.873. The van der Waals surface area contributed by atoms with Crippen LogP contribution in [-0.2, 0) is 4.79 Å². The highest BCUT2D eigenvalue weighted by Gasteiger charge is 2.31. The molecule has 2 aromatic rings. The number of benzene rings is 1. The van der Waals surface area contributed by atoms with E-state index in [1.165, 1.54) is 22.3 Å². The molecule has 0 bridgehead atoms. The minimum absolute atomic E-state index is 0.214. The molecular formula is C14H12FNO3S. The molecule has 1 aromatic carbocycles. The Hall–Kier alpha value is -1.95. The quantitative estimate of drug-likeness (QED) is 0.926. The molecule has 0 aliphatic carbocycles. The second-order valence-electron chi connectivity index (χ2n) is 4.84. The van der Waals surface area contributed by atoms with Crippen molar-refractivity contribution in [2.75, 3.05) is 13.1 Å². The van der Waals surface area contributed by atoms with Crippen LogP contribution in [-0.4, -0.2) is 35.0 Å². The van der Waals surface area contributed by atoms with Crippen LogP contribution in [0.1, 0.15) is 16.1 Å². The number of carboxylic acid groups (broad SMARTS) is 1. The van der Waals surface area contributed by atoms with Gasteiger partial charge in [0.2, 0.25) is 0 Å². The number of carbonyl (C=O) groups is 2. The Bertz CT molecular complexity index is 697. The highest BCUT2D eigenvalue weighted by Crippen LogP contribution is 2.29. The summed E-state index contributed by atoms with van der Waals surface area (Å²) in [6.07, 6.45) is 0.473. The van der Waals surface area contributed by atoms with Crippen molar-refractivity contribution in [2.24, 2.45) is 5.92 Å². The SMILES string of the molecule is O=C(O)C1CCN(C(=O)c2cc3c(F)cccc3s2)C1. The van der Waals surface area contributed by atoms with Crippen LogP contribution in [0.15, 0.2) is 24.3 Å². The van der Waals surface area contributed by atoms with Crippen LogP contribution >= 0.6 is 11.3 Å². The molecule has 20 heavy (non-hydrogen) atoms. The molecule has 0 radical (unpaired) electrons. The molecule has 2 heterocycles. The molecule has 1 aliphatic rings. The lowest BCUT2D eigenvalue weighted by Gasteiger charge is -2.14. The fourth-order valence-corrected chi connectivity index (χ4v) is 3.48. The van der Waals surface area contributed by atoms with E-state index < -0.39 is 11.9 Å². The predicted molar refractivity (Wildman–Crippen MR) is 73.4 cm³/mol. The highest BCUT2D eigenvalue weighted by molar-refractivity contribution is 7.20. The van der Waals surface area contributed by atoms with Gasteiger partial charge in [0.1, 0.15) is 5.82 Å². The standard InChI is InChI=1S/C14H12FNO3S/c15-10-2-1-3-11-9(10)6-12(20-11)13(17)16-5-4-8(7-16)14(18)19/h1-3,6,8H,4-5,7H2,(H,18,19). The Morgan fingerprint density at radius 3 is 2.85 bits per heavy atom. The van der Waals surface area contributed by atoms with Gasteiger partial charge < -0.3 is 10.0 Å². The number of carboxylic acids is 1. The maximum absolute atomic E-state index is 13.6. The first-order valence-corrected chi connectivity index (χ1v) is 7.08. The molecule has 1 N–H and O–H groups in total. The van der Waals surface area contributed by atoms with E-state index >= 15 is 0 Å². The second-order valence-corrected chi connectivity index (χ2v) is 5.92. The number of thiophene rings is 1. The van der Waals surface area contributed by atoms with Crippen LogP contribution < -0.4 is 0 Å². The molecule has 1 saturated heterocycles. The van der Waals surface area contributed by atoms with E-state index in [2.05, 4.69) is 0 Å². The lowest BCUT2D eigenvalue weighted by atomic mass is 10.1. The van der Waals surface area contributed by atoms with E-state index in [1.54, 1.807) is 18.2 Å². The number of hydrogen-bond donors (Lipinski definition) is 1. The molecule has 1 amide bonds. The van der Waals surface area contributed by atoms with Crippen molar-refractivity contribution >= 4 is 33.3 Å². The number of hydrogen-bond acceptors (Lipinski definition) is 3. The number of carbonyl (C=O) groups excluding carboxylic acids is 1. The van der Waals surface area contributed by atoms with Crippen molar-refractivity contribution < 1.29 is 19.1 Å². The van der Waals surface area contributed by atoms with Gasteiger partial charge in [-0.25, -0.2) is 4.39 Å². The zero-order valence-electron chi connectivity index (χ0n) is 10.5. The van der Waals surface area contributed by atoms with Crippen LogP contribution in [0.25, 0.3) is 10.1 Å². The van der Waals surface area contributed by atoms with E-state index in [0.717, 1.165) is 4.70 Å². The summed E-state index contributed by atoms with van der Waals surface area (Å²) in [5, 5.41) is 9.39. The topological polar surface area (TPSA) is 57.6 Å². The van der Waals surface area contributed by atoms with Crippen LogP contribution in [0.5, 0.6) is 0 Å². The van der Waals surface area contributed by atoms with E-state index in [9.17, 15) is 14.0 Å². The van der Waals surface area contributed by atoms with Crippen molar-refractivity contribution in [2.45, 2.75) is 6.42 Å². The summed E-state index contributed by atoms with van der Waals surface area (Å²) in [6, 6.07) is 6.29. The summed E-state index contributed by atoms with van der Waals surface area (Å²) < 4.78 is 14.3. The summed E-state index contributed by atoms with van der Waals surface area (Å²) in [5.74, 6) is -1.93. The van der Waals surface area contributed by atoms with Gasteiger partial charge in [-0.3, -0.25) is 9.59 Å². The predicted octanol–water partition coefficient (Wildman–Crippen LogP) is 2.59. The first-order valence-electron chi connectivity index (χ1n) is 6.26. The van der Waals surface area contributed by atoms with Crippen LogP contribution in [0, 0.1) is 11.7 Å². The number of rotatable bonds is 2. The second kappa shape index (κ2) is 4.86. The lowest BCUT2D eigenvalue weighted by molar-refractivity contribution is -0.141. The van der Waals surface area contributed by atoms with Crippen LogP contribution in [0.2, 0.25) is 0 Å². The van der Waals surface area contributed by atoms with Crippen molar-refractivity contribution in [1.29, 1.82) is 0 Å². The molecule has 6 heteroatoms. The molecule has 4 nitrogen and oxygen atoms in total. The van der Waals surface area contributed by atoms with Crippen LogP contribution in [0.4, 0.5) is 4.39 Å². The first kappa shape index (κ1) is 13.1. The maximum atomic E-state index is 13.6. The van der Waals surface area contributed by atoms with Gasteiger partial charge in [0.25, 0.3) is 5.91 Å². The van der Waals surface area contributed by atoms with Gasteiger partial charge in [0, 0.05) is 23.2 Å². The van der Waals surface area contributed by atoms with Gasteiger partial charge in [-0.1, -0.05) is 6.07 Å². The van der Waals surface area contributed by atoms with Gasteiger partial charge in [-0.05, 0) is 24.6 Å². The third-order valence-corrected chi connectivity index (χ3v) is 4.63. The van der Waals surface area contributed by atoms with Crippen molar-refractivity contribution in [3.05, 3.63) is 35.0 Å². The summed E-state index contributed by atoms with van der Waals surface area (Å²) in [4.78, 5) is 25.2. The average molecular weight is 293 g/mol. The van der Waals surface area contributed by atoms with E-state index in [4.69, 9.17) is 5.11 Å². The summed E-state index contributed by atoms with van der Waals surface area (Å²) >= 11 is 1.24. The van der Waals surface area contributed by atoms with Crippen LogP contribution in [0.3, 0.4) is 0 Å². The fourth-order valence-electron chi connectivity index (χ4n) is 2.43. The number of halogens is 1. The average Bonchev–Trinajstić information content (AvgIpc) is 3.05. The Labute approximate surface area is 118 Å². The van der Waals surface area contributed by atoms with Crippen molar-refractivity contribution in [1.82, 2.24) is 4.90 Å². The van der Waals surface area contributed by atoms with Crippen molar-refractivity contribution in [3.8, 4) is 0 Å². The Kier molecular flexibility index (Phi) is 3.17. The molecule has 0 saturated carbocycles. The summed E-state index contributed by atoms with van der Waals surface area (Å²) in [6.45, 7) is 0.664. The van der Waals surface area contributed by atoms with E-state index in [0.29, 0.717) is 23.2 Å². The van der Waals surface area contributed by atoms with Gasteiger partial charge in [-0.15, -0.1) is 11.3 Å². The largest absolute Gasteiger partial charge is 0.481 e. The zero-order valence-corrected chi connectivity index (χ0v) is 11.3. The van der Waals surface area contributed by atoms with Gasteiger partial charge >= 0.3 is 5.97 Å². The monoisotopic (exact) mass is 293 g/mol. The molecule has 3 rings (SSSR count). The normalized spacial score (nSPS) is 18.6. The minimum Gasteiger partial charge on any atom is -0.481 e. The highest BCUT2D eigenvalue weighted by atomic mass is 32.1. The molecule has 1 aliphatic heterocycles. The molecular weight excluding hydrogens is 281 g/mol. The van der Waals surface area contributed by atoms with Gasteiger partial charge in [-0.2, -0.15) is 0 Å². The molecule has 0 spiro atoms. The Morgan fingerprint density at radius 2 is 2.20 bits per heavy atom. The smallest absolute Gasteiger partial charge is 0.308 e. The maximum Gasteiger partial charge on any atom is 0.308 e. The Morgan fingerprint density at radius 1 is 1.40 bits per heavy atom. The van der Waals surface area contributed by atoms with Gasteiger partial charge in [0.15, 0.2) is 0 Å². The molecule has 104 valence electrons. The number of nitrogens with zero attached hydrogens (tertiary/aromatic N) is 1. The van der Waals surface area contributed by atoms with Crippen molar-refractivity contribution in [3.63, 3.8) is 0 Å². The molecule has 1 atom stereocenters. The number of fused-ring (bicyclic) bond motifs is 1. The summed E-state index contributed by atoms with van der Waals surface area (Å²) in [7, 11) is 0.